The van der Waals surface area contributed by atoms with Gasteiger partial charge in [-0.3, -0.25) is 0 Å². The number of aliphatic carboxylic acids is 2. The van der Waals surface area contributed by atoms with Gasteiger partial charge in [-0.25, -0.2) is 9.59 Å². The first-order valence-electron chi connectivity index (χ1n) is 3.15. The monoisotopic (exact) mass is 186 g/mol. The van der Waals surface area contributed by atoms with E-state index < -0.39 is 11.9 Å². The van der Waals surface area contributed by atoms with Crippen LogP contribution in [0.4, 0.5) is 0 Å². The SMILES string of the molecule is C=C(CC=O)C(=O)O.C=CC(=O)O. The van der Waals surface area contributed by atoms with E-state index in [1.165, 1.54) is 0 Å². The van der Waals surface area contributed by atoms with E-state index in [0.29, 0.717) is 6.29 Å². The van der Waals surface area contributed by atoms with E-state index in [-0.39, 0.29) is 12.0 Å². The molecule has 0 aromatic heterocycles. The zero-order chi connectivity index (χ0) is 10.9. The summed E-state index contributed by atoms with van der Waals surface area (Å²) in [7, 11) is 0. The highest BCUT2D eigenvalue weighted by atomic mass is 16.4. The average molecular weight is 186 g/mol. The van der Waals surface area contributed by atoms with E-state index in [9.17, 15) is 14.4 Å². The number of hydrogen-bond acceptors (Lipinski definition) is 3. The number of aldehydes is 1. The number of carbonyl (C=O) groups is 3. The van der Waals surface area contributed by atoms with E-state index in [1.807, 2.05) is 0 Å². The number of carboxylic acids is 2. The fourth-order valence-corrected chi connectivity index (χ4v) is 0.188. The molecular weight excluding hydrogens is 176 g/mol. The number of hydrogen-bond donors (Lipinski definition) is 2. The van der Waals surface area contributed by atoms with Crippen LogP contribution in [0.1, 0.15) is 6.42 Å². The highest BCUT2D eigenvalue weighted by molar-refractivity contribution is 5.88. The van der Waals surface area contributed by atoms with Gasteiger partial charge in [-0.05, 0) is 0 Å². The molecule has 72 valence electrons. The molecule has 0 fully saturated rings. The van der Waals surface area contributed by atoms with Gasteiger partial charge in [0.25, 0.3) is 0 Å². The molecular formula is C8H10O5. The van der Waals surface area contributed by atoms with Crippen LogP contribution in [0.15, 0.2) is 24.8 Å². The van der Waals surface area contributed by atoms with Crippen LogP contribution in [-0.4, -0.2) is 28.4 Å². The van der Waals surface area contributed by atoms with Gasteiger partial charge in [0.05, 0.1) is 0 Å². The molecule has 0 atom stereocenters. The first-order chi connectivity index (χ1) is 5.95. The summed E-state index contributed by atoms with van der Waals surface area (Å²) in [5.74, 6) is -2.10. The Labute approximate surface area is 75.0 Å². The van der Waals surface area contributed by atoms with Crippen molar-refractivity contribution < 1.29 is 24.6 Å². The Kier molecular flexibility index (Phi) is 8.61. The van der Waals surface area contributed by atoms with Crippen molar-refractivity contribution in [1.82, 2.24) is 0 Å². The number of rotatable bonds is 4. The first-order valence-corrected chi connectivity index (χ1v) is 3.15. The van der Waals surface area contributed by atoms with Crippen LogP contribution >= 0.6 is 0 Å². The summed E-state index contributed by atoms with van der Waals surface area (Å²) in [5.41, 5.74) is -0.0694. The van der Waals surface area contributed by atoms with Gasteiger partial charge >= 0.3 is 11.9 Å². The van der Waals surface area contributed by atoms with Crippen LogP contribution in [0.2, 0.25) is 0 Å². The third-order valence-corrected chi connectivity index (χ3v) is 0.807. The largest absolute Gasteiger partial charge is 0.478 e. The first kappa shape index (κ1) is 13.7. The Morgan fingerprint density at radius 3 is 1.77 bits per heavy atom. The van der Waals surface area contributed by atoms with Crippen molar-refractivity contribution in [2.24, 2.45) is 0 Å². The molecule has 0 radical (unpaired) electrons. The average Bonchev–Trinajstić information content (AvgIpc) is 2.06. The molecule has 0 bridgehead atoms. The third-order valence-electron chi connectivity index (χ3n) is 0.807. The molecule has 0 aromatic rings. The van der Waals surface area contributed by atoms with Crippen LogP contribution < -0.4 is 0 Å². The van der Waals surface area contributed by atoms with E-state index >= 15 is 0 Å². The Bertz CT molecular complexity index is 229. The molecule has 0 heterocycles. The topological polar surface area (TPSA) is 91.7 Å². The molecule has 0 aliphatic heterocycles. The molecule has 5 nitrogen and oxygen atoms in total. The molecule has 0 saturated heterocycles. The van der Waals surface area contributed by atoms with Crippen LogP contribution in [0, 0.1) is 0 Å². The second kappa shape index (κ2) is 8.19. The molecule has 0 aliphatic rings. The quantitative estimate of drug-likeness (QED) is 0.492. The van der Waals surface area contributed by atoms with E-state index in [1.54, 1.807) is 0 Å². The number of carboxylic acid groups (broad SMARTS) is 2. The van der Waals surface area contributed by atoms with Crippen molar-refractivity contribution in [2.75, 3.05) is 0 Å². The van der Waals surface area contributed by atoms with Gasteiger partial charge in [0.1, 0.15) is 6.29 Å². The van der Waals surface area contributed by atoms with Crippen molar-refractivity contribution >= 4 is 18.2 Å². The summed E-state index contributed by atoms with van der Waals surface area (Å²) < 4.78 is 0. The summed E-state index contributed by atoms with van der Waals surface area (Å²) in [4.78, 5) is 28.7. The molecule has 0 rings (SSSR count). The Morgan fingerprint density at radius 2 is 1.69 bits per heavy atom. The molecule has 0 aromatic carbocycles. The minimum absolute atomic E-state index is 0.0694. The summed E-state index contributed by atoms with van der Waals surface area (Å²) in [6.45, 7) is 6.07. The molecule has 0 saturated carbocycles. The summed E-state index contributed by atoms with van der Waals surface area (Å²) >= 11 is 0. The molecule has 0 unspecified atom stereocenters. The van der Waals surface area contributed by atoms with Gasteiger partial charge in [0.15, 0.2) is 0 Å². The Balaban J connectivity index is 0. The van der Waals surface area contributed by atoms with Crippen molar-refractivity contribution in [1.29, 1.82) is 0 Å². The van der Waals surface area contributed by atoms with Crippen molar-refractivity contribution in [3.63, 3.8) is 0 Å². The van der Waals surface area contributed by atoms with Crippen molar-refractivity contribution in [3.05, 3.63) is 24.8 Å². The predicted molar refractivity (Wildman–Crippen MR) is 45.3 cm³/mol. The number of carbonyl (C=O) groups excluding carboxylic acids is 1. The maximum atomic E-state index is 9.83. The Morgan fingerprint density at radius 1 is 1.31 bits per heavy atom. The van der Waals surface area contributed by atoms with Gasteiger partial charge in [0.2, 0.25) is 0 Å². The van der Waals surface area contributed by atoms with Gasteiger partial charge in [-0.15, -0.1) is 0 Å². The van der Waals surface area contributed by atoms with Crippen LogP contribution in [0.25, 0.3) is 0 Å². The molecule has 5 heteroatoms. The zero-order valence-corrected chi connectivity index (χ0v) is 6.90. The fourth-order valence-electron chi connectivity index (χ4n) is 0.188. The van der Waals surface area contributed by atoms with E-state index in [0.717, 1.165) is 6.08 Å². The van der Waals surface area contributed by atoms with Crippen molar-refractivity contribution in [3.8, 4) is 0 Å². The lowest BCUT2D eigenvalue weighted by Crippen LogP contribution is -1.98. The summed E-state index contributed by atoms with van der Waals surface area (Å²) in [6, 6.07) is 0. The lowest BCUT2D eigenvalue weighted by Gasteiger charge is -1.87. The smallest absolute Gasteiger partial charge is 0.331 e. The third kappa shape index (κ3) is 13.1. The highest BCUT2D eigenvalue weighted by Gasteiger charge is 1.99. The second-order valence-electron chi connectivity index (χ2n) is 1.82. The van der Waals surface area contributed by atoms with Gasteiger partial charge in [0, 0.05) is 18.1 Å². The van der Waals surface area contributed by atoms with Gasteiger partial charge < -0.3 is 15.0 Å². The normalized spacial score (nSPS) is 7.38. The summed E-state index contributed by atoms with van der Waals surface area (Å²) in [5, 5.41) is 15.7. The summed E-state index contributed by atoms with van der Waals surface area (Å²) in [6.07, 6.45) is 1.26. The van der Waals surface area contributed by atoms with Crippen LogP contribution in [-0.2, 0) is 14.4 Å². The minimum atomic E-state index is -1.11. The van der Waals surface area contributed by atoms with Gasteiger partial charge in [-0.1, -0.05) is 13.2 Å². The molecule has 13 heavy (non-hydrogen) atoms. The standard InChI is InChI=1S/C5H6O3.C3H4O2/c1-4(2-3-6)5(7)8;1-2-3(4)5/h3H,1-2H2,(H,7,8);2H,1H2,(H,4,5). The maximum absolute atomic E-state index is 9.83. The Hall–Kier alpha value is -1.91. The van der Waals surface area contributed by atoms with Crippen molar-refractivity contribution in [2.45, 2.75) is 6.42 Å². The minimum Gasteiger partial charge on any atom is -0.478 e. The second-order valence-corrected chi connectivity index (χ2v) is 1.82. The molecule has 0 aliphatic carbocycles. The molecule has 0 amide bonds. The highest BCUT2D eigenvalue weighted by Crippen LogP contribution is 1.91. The maximum Gasteiger partial charge on any atom is 0.331 e. The van der Waals surface area contributed by atoms with Gasteiger partial charge in [-0.2, -0.15) is 0 Å². The molecule has 0 spiro atoms. The zero-order valence-electron chi connectivity index (χ0n) is 6.90. The predicted octanol–water partition coefficient (Wildman–Crippen LogP) is 0.473. The van der Waals surface area contributed by atoms with E-state index in [2.05, 4.69) is 13.2 Å². The van der Waals surface area contributed by atoms with Crippen LogP contribution in [0.3, 0.4) is 0 Å². The lowest BCUT2D eigenvalue weighted by atomic mass is 10.2. The fraction of sp³-hybridized carbons (Fsp3) is 0.125. The molecule has 2 N–H and O–H groups in total. The van der Waals surface area contributed by atoms with Crippen LogP contribution in [0.5, 0.6) is 0 Å². The van der Waals surface area contributed by atoms with E-state index in [4.69, 9.17) is 10.2 Å². The lowest BCUT2D eigenvalue weighted by molar-refractivity contribution is -0.133.